The minimum atomic E-state index is 0.0456. The van der Waals surface area contributed by atoms with Crippen LogP contribution in [0.1, 0.15) is 36.7 Å². The summed E-state index contributed by atoms with van der Waals surface area (Å²) >= 11 is 0. The van der Waals surface area contributed by atoms with Crippen molar-refractivity contribution in [2.75, 3.05) is 0 Å². The van der Waals surface area contributed by atoms with Crippen molar-refractivity contribution in [1.82, 2.24) is 0 Å². The largest absolute Gasteiger partial charge is 0.507 e. The van der Waals surface area contributed by atoms with E-state index in [0.29, 0.717) is 5.56 Å². The lowest BCUT2D eigenvalue weighted by atomic mass is 9.85. The van der Waals surface area contributed by atoms with E-state index in [9.17, 15) is 9.90 Å². The molecule has 2 heteroatoms. The predicted molar refractivity (Wildman–Crippen MR) is 69.7 cm³/mol. The molecule has 0 aromatic heterocycles. The van der Waals surface area contributed by atoms with Gasteiger partial charge in [0.15, 0.2) is 0 Å². The van der Waals surface area contributed by atoms with Gasteiger partial charge in [-0.25, -0.2) is 0 Å². The Labute approximate surface area is 101 Å². The number of aldehydes is 1. The number of aromatic hydroxyl groups is 1. The highest BCUT2D eigenvalue weighted by atomic mass is 16.3. The molecule has 0 radical (unpaired) electrons. The maximum atomic E-state index is 10.7. The van der Waals surface area contributed by atoms with Crippen molar-refractivity contribution < 1.29 is 9.90 Å². The minimum absolute atomic E-state index is 0.0456. The number of hydrogen-bond acceptors (Lipinski definition) is 2. The smallest absolute Gasteiger partial charge is 0.150 e. The lowest BCUT2D eigenvalue weighted by molar-refractivity contribution is 0.112. The third-order valence-corrected chi connectivity index (χ3v) is 2.96. The molecule has 0 atom stereocenters. The molecule has 0 saturated carbocycles. The molecule has 0 amide bonds. The second-order valence-corrected chi connectivity index (χ2v) is 5.34. The standard InChI is InChI=1S/C15H16O2/c1-15(2,3)12-5-4-11-6-10(9-16)7-14(17)13(11)8-12/h4-9,17H,1-3H3. The van der Waals surface area contributed by atoms with E-state index in [4.69, 9.17) is 0 Å². The molecule has 0 aliphatic heterocycles. The molecular weight excluding hydrogens is 212 g/mol. The van der Waals surface area contributed by atoms with Crippen LogP contribution >= 0.6 is 0 Å². The molecule has 2 aromatic carbocycles. The summed E-state index contributed by atoms with van der Waals surface area (Å²) in [7, 11) is 0. The summed E-state index contributed by atoms with van der Waals surface area (Å²) in [6.45, 7) is 6.39. The van der Waals surface area contributed by atoms with E-state index in [2.05, 4.69) is 20.8 Å². The first kappa shape index (κ1) is 11.6. The lowest BCUT2D eigenvalue weighted by Crippen LogP contribution is -2.10. The first-order valence-electron chi connectivity index (χ1n) is 5.64. The van der Waals surface area contributed by atoms with Crippen LogP contribution in [0.25, 0.3) is 10.8 Å². The van der Waals surface area contributed by atoms with Crippen molar-refractivity contribution in [3.63, 3.8) is 0 Å². The summed E-state index contributed by atoms with van der Waals surface area (Å²) in [6.07, 6.45) is 0.747. The van der Waals surface area contributed by atoms with Crippen molar-refractivity contribution in [3.8, 4) is 5.75 Å². The number of benzene rings is 2. The summed E-state index contributed by atoms with van der Waals surface area (Å²) in [5.74, 6) is 0.163. The molecule has 1 N–H and O–H groups in total. The number of phenols is 1. The second-order valence-electron chi connectivity index (χ2n) is 5.34. The first-order valence-corrected chi connectivity index (χ1v) is 5.64. The highest BCUT2D eigenvalue weighted by Crippen LogP contribution is 2.31. The SMILES string of the molecule is CC(C)(C)c1ccc2cc(C=O)cc(O)c2c1. The zero-order chi connectivity index (χ0) is 12.6. The van der Waals surface area contributed by atoms with E-state index in [-0.39, 0.29) is 11.2 Å². The van der Waals surface area contributed by atoms with E-state index in [1.165, 1.54) is 11.6 Å². The Bertz CT molecular complexity index is 577. The minimum Gasteiger partial charge on any atom is -0.507 e. The van der Waals surface area contributed by atoms with Crippen LogP contribution in [0.15, 0.2) is 30.3 Å². The summed E-state index contributed by atoms with van der Waals surface area (Å²) in [4.78, 5) is 10.7. The first-order chi connectivity index (χ1) is 7.91. The number of carbonyl (C=O) groups is 1. The number of carbonyl (C=O) groups excluding carboxylic acids is 1. The van der Waals surface area contributed by atoms with Crippen molar-refractivity contribution in [2.24, 2.45) is 0 Å². The van der Waals surface area contributed by atoms with Crippen LogP contribution in [0.4, 0.5) is 0 Å². The van der Waals surface area contributed by atoms with Gasteiger partial charge >= 0.3 is 0 Å². The lowest BCUT2D eigenvalue weighted by Gasteiger charge is -2.19. The fourth-order valence-electron chi connectivity index (χ4n) is 1.90. The Morgan fingerprint density at radius 3 is 2.41 bits per heavy atom. The Hall–Kier alpha value is -1.83. The Morgan fingerprint density at radius 2 is 1.82 bits per heavy atom. The van der Waals surface area contributed by atoms with E-state index in [0.717, 1.165) is 17.1 Å². The van der Waals surface area contributed by atoms with Crippen LogP contribution < -0.4 is 0 Å². The van der Waals surface area contributed by atoms with Gasteiger partial charge < -0.3 is 5.11 Å². The zero-order valence-corrected chi connectivity index (χ0v) is 10.3. The maximum absolute atomic E-state index is 10.7. The van der Waals surface area contributed by atoms with Crippen LogP contribution in [0.3, 0.4) is 0 Å². The molecule has 17 heavy (non-hydrogen) atoms. The van der Waals surface area contributed by atoms with Crippen LogP contribution in [0, 0.1) is 0 Å². The molecule has 0 heterocycles. The van der Waals surface area contributed by atoms with E-state index >= 15 is 0 Å². The van der Waals surface area contributed by atoms with Crippen LogP contribution in [0.5, 0.6) is 5.75 Å². The normalized spacial score (nSPS) is 11.7. The third-order valence-electron chi connectivity index (χ3n) is 2.96. The fourth-order valence-corrected chi connectivity index (χ4v) is 1.90. The number of hydrogen-bond donors (Lipinski definition) is 1. The molecule has 0 fully saturated rings. The molecule has 0 saturated heterocycles. The molecule has 0 bridgehead atoms. The fraction of sp³-hybridized carbons (Fsp3) is 0.267. The molecular formula is C15H16O2. The predicted octanol–water partition coefficient (Wildman–Crippen LogP) is 3.66. The highest BCUT2D eigenvalue weighted by Gasteiger charge is 2.14. The summed E-state index contributed by atoms with van der Waals surface area (Å²) in [5, 5.41) is 11.6. The van der Waals surface area contributed by atoms with Gasteiger partial charge in [0.2, 0.25) is 0 Å². The van der Waals surface area contributed by atoms with Crippen molar-refractivity contribution in [1.29, 1.82) is 0 Å². The van der Waals surface area contributed by atoms with Crippen molar-refractivity contribution >= 4 is 17.1 Å². The quantitative estimate of drug-likeness (QED) is 0.756. The molecule has 0 spiro atoms. The van der Waals surface area contributed by atoms with Gasteiger partial charge in [-0.05, 0) is 34.6 Å². The van der Waals surface area contributed by atoms with Gasteiger partial charge in [-0.1, -0.05) is 32.9 Å². The topological polar surface area (TPSA) is 37.3 Å². The van der Waals surface area contributed by atoms with Crippen LogP contribution in [0.2, 0.25) is 0 Å². The van der Waals surface area contributed by atoms with E-state index < -0.39 is 0 Å². The van der Waals surface area contributed by atoms with Gasteiger partial charge in [0.1, 0.15) is 12.0 Å². The number of fused-ring (bicyclic) bond motifs is 1. The molecule has 2 nitrogen and oxygen atoms in total. The van der Waals surface area contributed by atoms with E-state index in [1.54, 1.807) is 6.07 Å². The monoisotopic (exact) mass is 228 g/mol. The zero-order valence-electron chi connectivity index (χ0n) is 10.3. The highest BCUT2D eigenvalue weighted by molar-refractivity contribution is 5.93. The van der Waals surface area contributed by atoms with Gasteiger partial charge in [0, 0.05) is 10.9 Å². The molecule has 0 aliphatic rings. The Morgan fingerprint density at radius 1 is 1.12 bits per heavy atom. The molecule has 2 aromatic rings. The Balaban J connectivity index is 2.71. The van der Waals surface area contributed by atoms with Crippen molar-refractivity contribution in [3.05, 3.63) is 41.5 Å². The average Bonchev–Trinajstić information content (AvgIpc) is 2.27. The molecule has 0 aliphatic carbocycles. The summed E-state index contributed by atoms with van der Waals surface area (Å²) in [5.41, 5.74) is 1.71. The van der Waals surface area contributed by atoms with E-state index in [1.807, 2.05) is 18.2 Å². The molecule has 0 unspecified atom stereocenters. The average molecular weight is 228 g/mol. The molecule has 2 rings (SSSR count). The van der Waals surface area contributed by atoms with Crippen LogP contribution in [-0.2, 0) is 5.41 Å². The molecule has 88 valence electrons. The van der Waals surface area contributed by atoms with Crippen LogP contribution in [-0.4, -0.2) is 11.4 Å². The van der Waals surface area contributed by atoms with Gasteiger partial charge in [-0.3, -0.25) is 4.79 Å². The van der Waals surface area contributed by atoms with Crippen molar-refractivity contribution in [2.45, 2.75) is 26.2 Å². The number of rotatable bonds is 1. The van der Waals surface area contributed by atoms with Gasteiger partial charge in [0.25, 0.3) is 0 Å². The third kappa shape index (κ3) is 2.16. The summed E-state index contributed by atoms with van der Waals surface area (Å²) in [6, 6.07) is 9.26. The van der Waals surface area contributed by atoms with Gasteiger partial charge in [-0.15, -0.1) is 0 Å². The van der Waals surface area contributed by atoms with Gasteiger partial charge in [0.05, 0.1) is 0 Å². The Kier molecular flexibility index (Phi) is 2.66. The maximum Gasteiger partial charge on any atom is 0.150 e. The number of phenolic OH excluding ortho intramolecular Hbond substituents is 1. The van der Waals surface area contributed by atoms with Gasteiger partial charge in [-0.2, -0.15) is 0 Å². The second kappa shape index (κ2) is 3.88. The summed E-state index contributed by atoms with van der Waals surface area (Å²) < 4.78 is 0.